The zero-order chi connectivity index (χ0) is 28.1. The van der Waals surface area contributed by atoms with Gasteiger partial charge in [0.15, 0.2) is 29.6 Å². The molecule has 4 aromatic rings. The highest BCUT2D eigenvalue weighted by atomic mass is 35.5. The Morgan fingerprint density at radius 3 is 2.54 bits per heavy atom. The number of nitrogens with zero attached hydrogens (tertiary/aromatic N) is 3. The van der Waals surface area contributed by atoms with Gasteiger partial charge in [-0.1, -0.05) is 17.7 Å². The molecule has 0 saturated carbocycles. The van der Waals surface area contributed by atoms with Crippen molar-refractivity contribution >= 4 is 28.7 Å². The fourth-order valence-corrected chi connectivity index (χ4v) is 3.96. The van der Waals surface area contributed by atoms with E-state index in [-0.39, 0.29) is 76.2 Å². The van der Waals surface area contributed by atoms with E-state index in [4.69, 9.17) is 35.3 Å². The molecule has 0 aliphatic heterocycles. The minimum absolute atomic E-state index is 0.0600. The Morgan fingerprint density at radius 2 is 1.85 bits per heavy atom. The quantitative estimate of drug-likeness (QED) is 0.283. The summed E-state index contributed by atoms with van der Waals surface area (Å²) in [6.45, 7) is -0.544. The van der Waals surface area contributed by atoms with Crippen LogP contribution in [0.25, 0.3) is 16.9 Å². The second-order valence-corrected chi connectivity index (χ2v) is 8.38. The van der Waals surface area contributed by atoms with Gasteiger partial charge >= 0.3 is 5.69 Å². The number of aromatic amines is 1. The molecule has 1 amide bonds. The molecule has 206 valence electrons. The molecule has 2 aromatic carbocycles. The number of likely N-dealkylation sites (N-methyl/N-ethyl adjacent to an activating group) is 1. The average Bonchev–Trinajstić information content (AvgIpc) is 3.26. The average molecular weight is 562 g/mol. The normalized spacial score (nSPS) is 10.9. The van der Waals surface area contributed by atoms with E-state index in [2.05, 4.69) is 20.3 Å². The molecule has 12 nitrogen and oxygen atoms in total. The van der Waals surface area contributed by atoms with Crippen LogP contribution in [0.3, 0.4) is 0 Å². The summed E-state index contributed by atoms with van der Waals surface area (Å²) in [4.78, 5) is 36.2. The molecule has 0 spiro atoms. The topological polar surface area (TPSA) is 139 Å². The summed E-state index contributed by atoms with van der Waals surface area (Å²) < 4.78 is 43.0. The molecule has 2 N–H and O–H groups in total. The summed E-state index contributed by atoms with van der Waals surface area (Å²) in [5.74, 6) is -0.116. The number of aromatic nitrogens is 4. The van der Waals surface area contributed by atoms with E-state index in [1.807, 2.05) is 0 Å². The Morgan fingerprint density at radius 1 is 1.08 bits per heavy atom. The summed E-state index contributed by atoms with van der Waals surface area (Å²) in [6.07, 6.45) is 0. The first-order valence-corrected chi connectivity index (χ1v) is 11.8. The Balaban J connectivity index is 1.85. The molecule has 39 heavy (non-hydrogen) atoms. The lowest BCUT2D eigenvalue weighted by Crippen LogP contribution is -2.25. The molecule has 0 fully saturated rings. The van der Waals surface area contributed by atoms with E-state index in [0.29, 0.717) is 0 Å². The Bertz CT molecular complexity index is 1570. The molecular formula is C25H25ClFN5O7. The maximum atomic E-state index is 14.6. The fraction of sp³-hybridized carbons (Fsp3) is 0.280. The first-order chi connectivity index (χ1) is 18.8. The van der Waals surface area contributed by atoms with Crippen LogP contribution in [0.1, 0.15) is 11.4 Å². The van der Waals surface area contributed by atoms with Crippen molar-refractivity contribution in [3.63, 3.8) is 0 Å². The van der Waals surface area contributed by atoms with Crippen molar-refractivity contribution in [3.05, 3.63) is 63.0 Å². The van der Waals surface area contributed by atoms with Crippen LogP contribution >= 0.6 is 11.6 Å². The van der Waals surface area contributed by atoms with Gasteiger partial charge in [0, 0.05) is 26.3 Å². The highest BCUT2D eigenvalue weighted by Crippen LogP contribution is 2.37. The van der Waals surface area contributed by atoms with E-state index >= 15 is 0 Å². The number of benzene rings is 2. The first-order valence-electron chi connectivity index (χ1n) is 11.5. The predicted octanol–water partition coefficient (Wildman–Crippen LogP) is 2.77. The van der Waals surface area contributed by atoms with Crippen molar-refractivity contribution in [2.75, 3.05) is 35.0 Å². The smallest absolute Gasteiger partial charge is 0.332 e. The summed E-state index contributed by atoms with van der Waals surface area (Å²) in [5, 5.41) is 2.52. The van der Waals surface area contributed by atoms with Gasteiger partial charge in [-0.3, -0.25) is 9.78 Å². The lowest BCUT2D eigenvalue weighted by molar-refractivity contribution is -0.122. The SMILES string of the molecule is CNC(=O)COc1cc(Cl)c(-n2c(=O)[nH]c3c(OC)nc(COC)nc32)cc1OCc1c(F)cccc1OC. The van der Waals surface area contributed by atoms with Gasteiger partial charge in [-0.25, -0.2) is 18.7 Å². The third-order valence-corrected chi connectivity index (χ3v) is 5.88. The molecule has 0 saturated heterocycles. The lowest BCUT2D eigenvalue weighted by atomic mass is 10.2. The molecule has 4 rings (SSSR count). The number of amides is 1. The van der Waals surface area contributed by atoms with Crippen molar-refractivity contribution < 1.29 is 32.9 Å². The van der Waals surface area contributed by atoms with E-state index < -0.39 is 17.4 Å². The molecule has 0 atom stereocenters. The van der Waals surface area contributed by atoms with Gasteiger partial charge in [-0.05, 0) is 12.1 Å². The van der Waals surface area contributed by atoms with Crippen molar-refractivity contribution in [1.29, 1.82) is 0 Å². The number of hydrogen-bond acceptors (Lipinski definition) is 9. The summed E-state index contributed by atoms with van der Waals surface area (Å²) in [6, 6.07) is 7.18. The minimum Gasteiger partial charge on any atom is -0.496 e. The van der Waals surface area contributed by atoms with Gasteiger partial charge in [0.1, 0.15) is 30.3 Å². The molecule has 0 aliphatic carbocycles. The van der Waals surface area contributed by atoms with E-state index in [1.54, 1.807) is 6.07 Å². The van der Waals surface area contributed by atoms with E-state index in [9.17, 15) is 14.0 Å². The number of ether oxygens (including phenoxy) is 5. The van der Waals surface area contributed by atoms with E-state index in [0.717, 1.165) is 0 Å². The zero-order valence-electron chi connectivity index (χ0n) is 21.5. The number of H-pyrrole nitrogens is 1. The van der Waals surface area contributed by atoms with Crippen LogP contribution in [0.2, 0.25) is 5.02 Å². The van der Waals surface area contributed by atoms with Crippen LogP contribution in [-0.4, -0.2) is 60.4 Å². The number of carbonyl (C=O) groups excluding carboxylic acids is 1. The molecule has 0 unspecified atom stereocenters. The van der Waals surface area contributed by atoms with Gasteiger partial charge in [0.05, 0.1) is 30.5 Å². The standard InChI is InChI=1S/C25H25ClFN5O7/c1-28-21(33)12-39-18-8-14(26)16(9-19(18)38-10-13-15(27)6-5-7-17(13)36-3)32-23-22(31-25(32)34)24(37-4)30-20(29-23)11-35-2/h5-9H,10-12H2,1-4H3,(H,28,33)(H,31,34). The highest BCUT2D eigenvalue weighted by molar-refractivity contribution is 6.32. The third-order valence-electron chi connectivity index (χ3n) is 5.58. The number of carbonyl (C=O) groups is 1. The minimum atomic E-state index is -0.588. The summed E-state index contributed by atoms with van der Waals surface area (Å²) in [5.41, 5.74) is 0.132. The highest BCUT2D eigenvalue weighted by Gasteiger charge is 2.22. The van der Waals surface area contributed by atoms with Crippen LogP contribution < -0.4 is 30.0 Å². The largest absolute Gasteiger partial charge is 0.496 e. The van der Waals surface area contributed by atoms with E-state index in [1.165, 1.54) is 57.2 Å². The van der Waals surface area contributed by atoms with Crippen LogP contribution in [-0.2, 0) is 22.7 Å². The Hall–Kier alpha value is -4.36. The molecule has 0 aliphatic rings. The number of imidazole rings is 1. The molecule has 14 heteroatoms. The Kier molecular flexibility index (Phi) is 8.52. The third kappa shape index (κ3) is 5.73. The lowest BCUT2D eigenvalue weighted by Gasteiger charge is -2.17. The Labute approximate surface area is 226 Å². The van der Waals surface area contributed by atoms with Crippen LogP contribution in [0.5, 0.6) is 23.1 Å². The second-order valence-electron chi connectivity index (χ2n) is 7.97. The number of hydrogen-bond donors (Lipinski definition) is 2. The number of methoxy groups -OCH3 is 3. The van der Waals surface area contributed by atoms with Gasteiger partial charge in [-0.2, -0.15) is 4.98 Å². The maximum absolute atomic E-state index is 14.6. The molecular weight excluding hydrogens is 537 g/mol. The second kappa shape index (κ2) is 12.0. The van der Waals surface area contributed by atoms with Crippen molar-refractivity contribution in [1.82, 2.24) is 24.8 Å². The van der Waals surface area contributed by atoms with Crippen molar-refractivity contribution in [2.24, 2.45) is 0 Å². The number of rotatable bonds is 11. The van der Waals surface area contributed by atoms with Gasteiger partial charge in [-0.15, -0.1) is 0 Å². The number of fused-ring (bicyclic) bond motifs is 1. The molecule has 0 radical (unpaired) electrons. The summed E-state index contributed by atoms with van der Waals surface area (Å²) >= 11 is 6.59. The van der Waals surface area contributed by atoms with Gasteiger partial charge in [0.2, 0.25) is 5.88 Å². The fourth-order valence-electron chi connectivity index (χ4n) is 3.72. The molecule has 0 bridgehead atoms. The number of halogens is 2. The summed E-state index contributed by atoms with van der Waals surface area (Å²) in [7, 11) is 5.75. The van der Waals surface area contributed by atoms with Gasteiger partial charge < -0.3 is 29.0 Å². The van der Waals surface area contributed by atoms with Gasteiger partial charge in [0.25, 0.3) is 5.91 Å². The van der Waals surface area contributed by atoms with Crippen molar-refractivity contribution in [2.45, 2.75) is 13.2 Å². The van der Waals surface area contributed by atoms with Crippen LogP contribution in [0.4, 0.5) is 4.39 Å². The predicted molar refractivity (Wildman–Crippen MR) is 139 cm³/mol. The first kappa shape index (κ1) is 27.7. The zero-order valence-corrected chi connectivity index (χ0v) is 22.2. The van der Waals surface area contributed by atoms with Crippen LogP contribution in [0, 0.1) is 5.82 Å². The molecule has 2 heterocycles. The monoisotopic (exact) mass is 561 g/mol. The number of nitrogens with one attached hydrogen (secondary N) is 2. The van der Waals surface area contributed by atoms with Crippen molar-refractivity contribution in [3.8, 4) is 28.8 Å². The van der Waals surface area contributed by atoms with Crippen LogP contribution in [0.15, 0.2) is 35.1 Å². The maximum Gasteiger partial charge on any atom is 0.332 e. The molecule has 2 aromatic heterocycles.